The molecule has 23 heavy (non-hydrogen) atoms. The quantitative estimate of drug-likeness (QED) is 0.702. The van der Waals surface area contributed by atoms with Gasteiger partial charge in [0.25, 0.3) is 0 Å². The van der Waals surface area contributed by atoms with Gasteiger partial charge in [-0.1, -0.05) is 29.8 Å². The first kappa shape index (κ1) is 19.5. The molecule has 1 aromatic carbocycles. The van der Waals surface area contributed by atoms with Crippen molar-refractivity contribution in [2.45, 2.75) is 38.6 Å². The predicted octanol–water partition coefficient (Wildman–Crippen LogP) is 1.33. The molecule has 0 saturated carbocycles. The van der Waals surface area contributed by atoms with Gasteiger partial charge in [0.05, 0.1) is 6.54 Å². The second-order valence-corrected chi connectivity index (χ2v) is 5.86. The van der Waals surface area contributed by atoms with E-state index in [1.807, 2.05) is 31.2 Å². The summed E-state index contributed by atoms with van der Waals surface area (Å²) in [5.74, 6) is -0.216. The van der Waals surface area contributed by atoms with Crippen molar-refractivity contribution in [1.82, 2.24) is 16.0 Å². The molecule has 1 heterocycles. The molecule has 2 rings (SSSR count). The number of rotatable bonds is 7. The molecule has 0 aliphatic carbocycles. The fourth-order valence-electron chi connectivity index (χ4n) is 2.51. The molecule has 1 unspecified atom stereocenters. The van der Waals surface area contributed by atoms with Crippen LogP contribution in [0.5, 0.6) is 0 Å². The Kier molecular flexibility index (Phi) is 8.66. The first-order valence-corrected chi connectivity index (χ1v) is 7.96. The molecule has 6 heteroatoms. The van der Waals surface area contributed by atoms with Gasteiger partial charge in [-0.3, -0.25) is 9.59 Å². The highest BCUT2D eigenvalue weighted by Crippen LogP contribution is 2.05. The van der Waals surface area contributed by atoms with Crippen molar-refractivity contribution in [2.24, 2.45) is 0 Å². The molecule has 1 atom stereocenters. The van der Waals surface area contributed by atoms with E-state index in [1.165, 1.54) is 5.56 Å². The number of hydrogen-bond donors (Lipinski definition) is 3. The van der Waals surface area contributed by atoms with Gasteiger partial charge < -0.3 is 16.0 Å². The van der Waals surface area contributed by atoms with Crippen LogP contribution in [0.4, 0.5) is 0 Å². The van der Waals surface area contributed by atoms with Crippen LogP contribution in [0.1, 0.15) is 30.4 Å². The Morgan fingerprint density at radius 3 is 2.57 bits per heavy atom. The summed E-state index contributed by atoms with van der Waals surface area (Å²) in [5, 5.41) is 8.83. The molecule has 2 amide bonds. The molecule has 0 spiro atoms. The number of nitrogens with one attached hydrogen (secondary N) is 3. The minimum absolute atomic E-state index is 0. The fraction of sp³-hybridized carbons (Fsp3) is 0.529. The average Bonchev–Trinajstić information content (AvgIpc) is 3.04. The molecular weight excluding hydrogens is 314 g/mol. The van der Waals surface area contributed by atoms with E-state index in [4.69, 9.17) is 0 Å². The Bertz CT molecular complexity index is 499. The normalized spacial score (nSPS) is 16.5. The summed E-state index contributed by atoms with van der Waals surface area (Å²) in [6, 6.07) is 8.52. The summed E-state index contributed by atoms with van der Waals surface area (Å²) in [6.45, 7) is 3.75. The summed E-state index contributed by atoms with van der Waals surface area (Å²) in [7, 11) is 0. The topological polar surface area (TPSA) is 70.2 Å². The summed E-state index contributed by atoms with van der Waals surface area (Å²) in [4.78, 5) is 23.4. The molecule has 1 aliphatic heterocycles. The van der Waals surface area contributed by atoms with Crippen LogP contribution < -0.4 is 16.0 Å². The van der Waals surface area contributed by atoms with E-state index in [0.717, 1.165) is 24.9 Å². The Hall–Kier alpha value is -1.59. The molecule has 1 aliphatic rings. The summed E-state index contributed by atoms with van der Waals surface area (Å²) in [6.07, 6.45) is 3.36. The number of halogens is 1. The van der Waals surface area contributed by atoms with E-state index < -0.39 is 0 Å². The minimum Gasteiger partial charge on any atom is -0.353 e. The van der Waals surface area contributed by atoms with Crippen LogP contribution >= 0.6 is 12.4 Å². The first-order chi connectivity index (χ1) is 10.6. The Labute approximate surface area is 144 Å². The number of carbonyl (C=O) groups excluding carboxylic acids is 2. The van der Waals surface area contributed by atoms with Gasteiger partial charge in [-0.15, -0.1) is 12.4 Å². The Morgan fingerprint density at radius 2 is 1.91 bits per heavy atom. The lowest BCUT2D eigenvalue weighted by molar-refractivity contribution is -0.126. The van der Waals surface area contributed by atoms with Gasteiger partial charge in [0, 0.05) is 19.0 Å². The van der Waals surface area contributed by atoms with E-state index in [-0.39, 0.29) is 30.8 Å². The van der Waals surface area contributed by atoms with Crippen LogP contribution in [-0.2, 0) is 16.0 Å². The van der Waals surface area contributed by atoms with Crippen molar-refractivity contribution < 1.29 is 9.59 Å². The van der Waals surface area contributed by atoms with Crippen LogP contribution in [0, 0.1) is 6.92 Å². The molecule has 0 radical (unpaired) electrons. The van der Waals surface area contributed by atoms with E-state index in [9.17, 15) is 9.59 Å². The van der Waals surface area contributed by atoms with Gasteiger partial charge in [-0.25, -0.2) is 0 Å². The molecule has 1 fully saturated rings. The Balaban J connectivity index is 0.00000264. The molecule has 5 nitrogen and oxygen atoms in total. The molecular formula is C17H26ClN3O2. The third kappa shape index (κ3) is 7.48. The van der Waals surface area contributed by atoms with Crippen LogP contribution in [0.2, 0.25) is 0 Å². The van der Waals surface area contributed by atoms with Crippen molar-refractivity contribution in [3.63, 3.8) is 0 Å². The summed E-state index contributed by atoms with van der Waals surface area (Å²) >= 11 is 0. The maximum absolute atomic E-state index is 11.7. The van der Waals surface area contributed by atoms with E-state index in [0.29, 0.717) is 25.4 Å². The zero-order chi connectivity index (χ0) is 15.8. The van der Waals surface area contributed by atoms with E-state index >= 15 is 0 Å². The lowest BCUT2D eigenvalue weighted by Crippen LogP contribution is -2.42. The number of hydrogen-bond acceptors (Lipinski definition) is 3. The predicted molar refractivity (Wildman–Crippen MR) is 93.8 cm³/mol. The van der Waals surface area contributed by atoms with Gasteiger partial charge in [0.2, 0.25) is 11.8 Å². The van der Waals surface area contributed by atoms with Crippen molar-refractivity contribution >= 4 is 24.2 Å². The number of amides is 2. The molecule has 0 bridgehead atoms. The van der Waals surface area contributed by atoms with Crippen molar-refractivity contribution in [1.29, 1.82) is 0 Å². The highest BCUT2D eigenvalue weighted by atomic mass is 35.5. The van der Waals surface area contributed by atoms with Crippen molar-refractivity contribution in [3.05, 3.63) is 35.4 Å². The molecule has 0 aromatic heterocycles. The van der Waals surface area contributed by atoms with Gasteiger partial charge in [-0.2, -0.15) is 0 Å². The standard InChI is InChI=1S/C17H25N3O2.ClH/c1-13-4-6-14(7-5-13)8-9-16(21)20-12-17(22)19-11-15-3-2-10-18-15;/h4-7,15,18H,2-3,8-12H2,1H3,(H,19,22)(H,20,21);1H. The monoisotopic (exact) mass is 339 g/mol. The number of aryl methyl sites for hydroxylation is 2. The fourth-order valence-corrected chi connectivity index (χ4v) is 2.51. The van der Waals surface area contributed by atoms with Crippen LogP contribution in [0.15, 0.2) is 24.3 Å². The summed E-state index contributed by atoms with van der Waals surface area (Å²) in [5.41, 5.74) is 2.35. The smallest absolute Gasteiger partial charge is 0.239 e. The third-order valence-electron chi connectivity index (χ3n) is 3.92. The van der Waals surface area contributed by atoms with Crippen molar-refractivity contribution in [3.8, 4) is 0 Å². The molecule has 128 valence electrons. The minimum atomic E-state index is -0.127. The first-order valence-electron chi connectivity index (χ1n) is 7.96. The van der Waals surface area contributed by atoms with Crippen LogP contribution in [-0.4, -0.2) is 37.5 Å². The highest BCUT2D eigenvalue weighted by molar-refractivity contribution is 5.85. The second kappa shape index (κ2) is 10.2. The van der Waals surface area contributed by atoms with E-state index in [2.05, 4.69) is 16.0 Å². The Morgan fingerprint density at radius 1 is 1.17 bits per heavy atom. The zero-order valence-electron chi connectivity index (χ0n) is 13.6. The van der Waals surface area contributed by atoms with Gasteiger partial charge in [-0.05, 0) is 38.3 Å². The van der Waals surface area contributed by atoms with Crippen molar-refractivity contribution in [2.75, 3.05) is 19.6 Å². The van der Waals surface area contributed by atoms with Crippen LogP contribution in [0.25, 0.3) is 0 Å². The number of benzene rings is 1. The van der Waals surface area contributed by atoms with Gasteiger partial charge in [0.15, 0.2) is 0 Å². The SMILES string of the molecule is Cc1ccc(CCC(=O)NCC(=O)NCC2CCCN2)cc1.Cl. The molecule has 3 N–H and O–H groups in total. The lowest BCUT2D eigenvalue weighted by Gasteiger charge is -2.11. The van der Waals surface area contributed by atoms with Gasteiger partial charge in [0.1, 0.15) is 0 Å². The van der Waals surface area contributed by atoms with Crippen LogP contribution in [0.3, 0.4) is 0 Å². The number of carbonyl (C=O) groups is 2. The maximum atomic E-state index is 11.7. The molecule has 1 saturated heterocycles. The maximum Gasteiger partial charge on any atom is 0.239 e. The lowest BCUT2D eigenvalue weighted by atomic mass is 10.1. The highest BCUT2D eigenvalue weighted by Gasteiger charge is 2.14. The summed E-state index contributed by atoms with van der Waals surface area (Å²) < 4.78 is 0. The zero-order valence-corrected chi connectivity index (χ0v) is 14.4. The third-order valence-corrected chi connectivity index (χ3v) is 3.92. The average molecular weight is 340 g/mol. The molecule has 1 aromatic rings. The second-order valence-electron chi connectivity index (χ2n) is 5.86. The van der Waals surface area contributed by atoms with Gasteiger partial charge >= 0.3 is 0 Å². The van der Waals surface area contributed by atoms with E-state index in [1.54, 1.807) is 0 Å². The largest absolute Gasteiger partial charge is 0.353 e.